The Morgan fingerprint density at radius 1 is 1.26 bits per heavy atom. The van der Waals surface area contributed by atoms with Crippen LogP contribution >= 0.6 is 11.6 Å². The number of benzene rings is 1. The molecular formula is C24H27ClFN3O5. The third kappa shape index (κ3) is 4.84. The van der Waals surface area contributed by atoms with Gasteiger partial charge in [0.25, 0.3) is 6.01 Å². The van der Waals surface area contributed by atoms with E-state index in [0.717, 1.165) is 18.4 Å². The second-order valence-corrected chi connectivity index (χ2v) is 9.11. The predicted octanol–water partition coefficient (Wildman–Crippen LogP) is 3.58. The molecule has 0 spiro atoms. The van der Waals surface area contributed by atoms with Gasteiger partial charge in [-0.05, 0) is 48.4 Å². The molecule has 0 bridgehead atoms. The molecule has 1 fully saturated rings. The number of ether oxygens (including phenoxy) is 4. The number of H-pyrrole nitrogens is 1. The van der Waals surface area contributed by atoms with E-state index in [1.54, 1.807) is 13.2 Å². The van der Waals surface area contributed by atoms with E-state index in [9.17, 15) is 9.50 Å². The molecule has 8 nitrogen and oxygen atoms in total. The number of aromatic nitrogens is 3. The summed E-state index contributed by atoms with van der Waals surface area (Å²) in [6.07, 6.45) is 2.30. The molecule has 1 aliphatic carbocycles. The van der Waals surface area contributed by atoms with Gasteiger partial charge >= 0.3 is 0 Å². The van der Waals surface area contributed by atoms with E-state index in [0.29, 0.717) is 71.9 Å². The highest BCUT2D eigenvalue weighted by Gasteiger charge is 2.29. The first-order valence-electron chi connectivity index (χ1n) is 11.4. The fraction of sp³-hybridized carbons (Fsp3) is 0.500. The van der Waals surface area contributed by atoms with Gasteiger partial charge in [-0.1, -0.05) is 11.6 Å². The lowest BCUT2D eigenvalue weighted by Crippen LogP contribution is -2.17. The molecule has 2 aromatic heterocycles. The van der Waals surface area contributed by atoms with E-state index in [1.165, 1.54) is 6.07 Å². The van der Waals surface area contributed by atoms with Crippen LogP contribution in [0.4, 0.5) is 4.39 Å². The molecule has 34 heavy (non-hydrogen) atoms. The Bertz CT molecular complexity index is 1170. The molecule has 0 saturated carbocycles. The zero-order valence-electron chi connectivity index (χ0n) is 18.9. The SMILES string of the molecule is COCCOc1cc(F)c2c(c1)CCC2Cc1nc2nc(O[C@@H]3CO[C@H](CO)C3)[nH]c2cc1Cl. The lowest BCUT2D eigenvalue weighted by atomic mass is 9.95. The molecule has 3 heterocycles. The fourth-order valence-electron chi connectivity index (χ4n) is 4.72. The van der Waals surface area contributed by atoms with Crippen LogP contribution < -0.4 is 9.47 Å². The average Bonchev–Trinajstić information content (AvgIpc) is 3.53. The van der Waals surface area contributed by atoms with Crippen molar-refractivity contribution in [3.63, 3.8) is 0 Å². The minimum atomic E-state index is -0.264. The van der Waals surface area contributed by atoms with Crippen molar-refractivity contribution in [1.29, 1.82) is 0 Å². The third-order valence-electron chi connectivity index (χ3n) is 6.36. The summed E-state index contributed by atoms with van der Waals surface area (Å²) in [5.41, 5.74) is 3.51. The largest absolute Gasteiger partial charge is 0.491 e. The highest BCUT2D eigenvalue weighted by molar-refractivity contribution is 6.31. The first kappa shape index (κ1) is 23.3. The zero-order valence-corrected chi connectivity index (χ0v) is 19.6. The summed E-state index contributed by atoms with van der Waals surface area (Å²) in [6.45, 7) is 1.19. The number of nitrogens with zero attached hydrogens (tertiary/aromatic N) is 2. The summed E-state index contributed by atoms with van der Waals surface area (Å²) >= 11 is 6.54. The van der Waals surface area contributed by atoms with Gasteiger partial charge in [-0.2, -0.15) is 4.98 Å². The van der Waals surface area contributed by atoms with E-state index in [1.807, 2.05) is 6.07 Å². The Morgan fingerprint density at radius 2 is 2.15 bits per heavy atom. The number of fused-ring (bicyclic) bond motifs is 2. The number of aryl methyl sites for hydroxylation is 1. The van der Waals surface area contributed by atoms with Crippen molar-refractivity contribution in [2.24, 2.45) is 0 Å². The van der Waals surface area contributed by atoms with Crippen molar-refractivity contribution in [1.82, 2.24) is 15.0 Å². The van der Waals surface area contributed by atoms with Crippen LogP contribution in [0.15, 0.2) is 18.2 Å². The zero-order chi connectivity index (χ0) is 23.7. The van der Waals surface area contributed by atoms with Crippen LogP contribution in [-0.4, -0.2) is 65.8 Å². The van der Waals surface area contributed by atoms with E-state index in [4.69, 9.17) is 30.5 Å². The van der Waals surface area contributed by atoms with Crippen molar-refractivity contribution in [2.75, 3.05) is 33.5 Å². The first-order chi connectivity index (χ1) is 16.5. The van der Waals surface area contributed by atoms with Crippen LogP contribution in [0.25, 0.3) is 11.2 Å². The van der Waals surface area contributed by atoms with Crippen molar-refractivity contribution >= 4 is 22.8 Å². The van der Waals surface area contributed by atoms with Gasteiger partial charge in [-0.3, -0.25) is 0 Å². The molecular weight excluding hydrogens is 465 g/mol. The highest BCUT2D eigenvalue weighted by Crippen LogP contribution is 2.40. The number of rotatable bonds is 9. The molecule has 3 aromatic rings. The van der Waals surface area contributed by atoms with Gasteiger partial charge in [0.15, 0.2) is 5.65 Å². The molecule has 0 amide bonds. The Morgan fingerprint density at radius 3 is 2.94 bits per heavy atom. The van der Waals surface area contributed by atoms with E-state index >= 15 is 0 Å². The van der Waals surface area contributed by atoms with Crippen LogP contribution in [0.5, 0.6) is 11.8 Å². The predicted molar refractivity (Wildman–Crippen MR) is 123 cm³/mol. The fourth-order valence-corrected chi connectivity index (χ4v) is 4.95. The quantitative estimate of drug-likeness (QED) is 0.441. The summed E-state index contributed by atoms with van der Waals surface area (Å²) in [5.74, 6) is 0.236. The molecule has 0 radical (unpaired) electrons. The number of aliphatic hydroxyl groups excluding tert-OH is 1. The molecule has 1 unspecified atom stereocenters. The number of hydrogen-bond acceptors (Lipinski definition) is 7. The van der Waals surface area contributed by atoms with Crippen LogP contribution in [0.1, 0.15) is 35.6 Å². The number of nitrogens with one attached hydrogen (secondary N) is 1. The molecule has 10 heteroatoms. The molecule has 1 aliphatic heterocycles. The van der Waals surface area contributed by atoms with Gasteiger partial charge in [-0.15, -0.1) is 0 Å². The van der Waals surface area contributed by atoms with Gasteiger partial charge in [-0.25, -0.2) is 9.37 Å². The van der Waals surface area contributed by atoms with Gasteiger partial charge < -0.3 is 29.0 Å². The second-order valence-electron chi connectivity index (χ2n) is 8.70. The minimum Gasteiger partial charge on any atom is -0.491 e. The summed E-state index contributed by atoms with van der Waals surface area (Å²) < 4.78 is 36.9. The van der Waals surface area contributed by atoms with Crippen molar-refractivity contribution in [3.05, 3.63) is 45.9 Å². The number of pyridine rings is 1. The molecule has 2 aliphatic rings. The Kier molecular flexibility index (Phi) is 6.87. The van der Waals surface area contributed by atoms with Crippen molar-refractivity contribution in [3.8, 4) is 11.8 Å². The average molecular weight is 492 g/mol. The number of aliphatic hydroxyl groups is 1. The summed E-state index contributed by atoms with van der Waals surface area (Å²) in [7, 11) is 1.60. The summed E-state index contributed by atoms with van der Waals surface area (Å²) in [4.78, 5) is 12.2. The normalized spacial score (nSPS) is 21.8. The molecule has 2 N–H and O–H groups in total. The molecule has 1 saturated heterocycles. The maximum absolute atomic E-state index is 15.0. The lowest BCUT2D eigenvalue weighted by Gasteiger charge is -2.14. The van der Waals surface area contributed by atoms with Crippen LogP contribution in [0.2, 0.25) is 5.02 Å². The standard InChI is InChI=1S/C24H27ClFN3O5/c1-31-4-5-32-15-6-13-2-3-14(22(13)19(26)9-15)7-20-18(25)10-21-23(27-20)29-24(28-21)34-17-8-16(11-30)33-12-17/h6,9-10,14,16-17,30H,2-5,7-8,11-12H2,1H3,(H,27,28,29)/t14?,16-,17-/m0/s1. The maximum Gasteiger partial charge on any atom is 0.296 e. The van der Waals surface area contributed by atoms with Crippen LogP contribution in [-0.2, 0) is 22.3 Å². The van der Waals surface area contributed by atoms with Crippen molar-refractivity contribution < 1.29 is 28.4 Å². The highest BCUT2D eigenvalue weighted by atomic mass is 35.5. The van der Waals surface area contributed by atoms with E-state index in [2.05, 4.69) is 15.0 Å². The Hall–Kier alpha value is -2.46. The molecule has 5 rings (SSSR count). The first-order valence-corrected chi connectivity index (χ1v) is 11.8. The molecule has 182 valence electrons. The second kappa shape index (κ2) is 10.0. The van der Waals surface area contributed by atoms with Gasteiger partial charge in [0.1, 0.15) is 24.3 Å². The topological polar surface area (TPSA) is 98.7 Å². The number of imidazole rings is 1. The van der Waals surface area contributed by atoms with Gasteiger partial charge in [0.05, 0.1) is 42.2 Å². The minimum absolute atomic E-state index is 0.0220. The monoisotopic (exact) mass is 491 g/mol. The molecule has 3 atom stereocenters. The van der Waals surface area contributed by atoms with Gasteiger partial charge in [0, 0.05) is 19.6 Å². The van der Waals surface area contributed by atoms with Crippen LogP contribution in [0, 0.1) is 5.82 Å². The number of hydrogen-bond donors (Lipinski definition) is 2. The van der Waals surface area contributed by atoms with E-state index in [-0.39, 0.29) is 30.5 Å². The maximum atomic E-state index is 15.0. The number of aromatic amines is 1. The Labute approximate surface area is 201 Å². The smallest absolute Gasteiger partial charge is 0.296 e. The summed E-state index contributed by atoms with van der Waals surface area (Å²) in [5, 5.41) is 9.72. The lowest BCUT2D eigenvalue weighted by molar-refractivity contribution is 0.0528. The summed E-state index contributed by atoms with van der Waals surface area (Å²) in [6, 6.07) is 5.47. The van der Waals surface area contributed by atoms with Gasteiger partial charge in [0.2, 0.25) is 0 Å². The number of methoxy groups -OCH3 is 1. The third-order valence-corrected chi connectivity index (χ3v) is 6.69. The van der Waals surface area contributed by atoms with Crippen molar-refractivity contribution in [2.45, 2.75) is 43.8 Å². The van der Waals surface area contributed by atoms with E-state index < -0.39 is 0 Å². The number of halogens is 2. The van der Waals surface area contributed by atoms with Crippen LogP contribution in [0.3, 0.4) is 0 Å². The Balaban J connectivity index is 1.31. The molecule has 1 aromatic carbocycles.